The minimum Gasteiger partial charge on any atom is 0 e. The zero-order chi connectivity index (χ0) is 17.3. The standard InChI is InChI=1S/C6H3F2N.5CO.Cr/c1-3-4-5(7)6(8)9-2;5*1-2;/h1H3;;;;;;/b6-5+;;;;;;. The summed E-state index contributed by atoms with van der Waals surface area (Å²) < 4.78 is 61.2. The number of hydrogen-bond donors (Lipinski definition) is 0. The molecule has 0 rings (SSSR count). The van der Waals surface area contributed by atoms with Gasteiger partial charge >= 0.3 is 62.5 Å². The van der Waals surface area contributed by atoms with Gasteiger partial charge in [0.2, 0.25) is 5.83 Å². The van der Waals surface area contributed by atoms with Crippen LogP contribution in [0.3, 0.4) is 0 Å². The molecule has 6 nitrogen and oxygen atoms in total. The SMILES string of the molecule is [C-]#[N+]/C(F)=C(/F)C#CC.[C-]#[O+].[C-]#[O+].[C-]#[O+].[C-]#[O+].[C-]#[O+].[Cr]. The van der Waals surface area contributed by atoms with Crippen molar-refractivity contribution >= 4 is 0 Å². The Labute approximate surface area is 125 Å². The van der Waals surface area contributed by atoms with Crippen molar-refractivity contribution in [2.45, 2.75) is 6.92 Å². The van der Waals surface area contributed by atoms with Crippen LogP contribution in [0.15, 0.2) is 11.8 Å². The molecule has 0 fully saturated rings. The van der Waals surface area contributed by atoms with E-state index >= 15 is 0 Å². The molecule has 0 unspecified atom stereocenters. The van der Waals surface area contributed by atoms with Crippen LogP contribution in [0.1, 0.15) is 6.92 Å². The monoisotopic (exact) mass is 319 g/mol. The summed E-state index contributed by atoms with van der Waals surface area (Å²) in [7, 11) is 0. The van der Waals surface area contributed by atoms with Crippen LogP contribution in [0.5, 0.6) is 0 Å². The van der Waals surface area contributed by atoms with Crippen LogP contribution in [0, 0.1) is 51.7 Å². The zero-order valence-electron chi connectivity index (χ0n) is 9.65. The smallest absolute Gasteiger partial charge is 0 e. The maximum absolute atomic E-state index is 11.9. The molecule has 0 spiro atoms. The predicted molar refractivity (Wildman–Crippen MR) is 48.9 cm³/mol. The van der Waals surface area contributed by atoms with E-state index in [4.69, 9.17) is 29.8 Å². The molecular formula is C11H3CrF2NO5. The molecule has 0 aromatic heterocycles. The van der Waals surface area contributed by atoms with E-state index < -0.39 is 11.8 Å². The van der Waals surface area contributed by atoms with Gasteiger partial charge in [-0.1, -0.05) is 0 Å². The number of halogens is 2. The molecule has 0 atom stereocenters. The Morgan fingerprint density at radius 2 is 1.10 bits per heavy atom. The second-order valence-corrected chi connectivity index (χ2v) is 1.09. The summed E-state index contributed by atoms with van der Waals surface area (Å²) in [6.07, 6.45) is 0. The van der Waals surface area contributed by atoms with Crippen LogP contribution in [-0.4, -0.2) is 0 Å². The normalized spacial score (nSPS) is 5.20. The summed E-state index contributed by atoms with van der Waals surface area (Å²) in [4.78, 5) is 2.19. The molecule has 9 heteroatoms. The molecule has 0 bridgehead atoms. The molecule has 0 radical (unpaired) electrons. The Bertz CT molecular complexity index is 384. The van der Waals surface area contributed by atoms with Crippen molar-refractivity contribution in [3.05, 3.63) is 56.4 Å². The second-order valence-electron chi connectivity index (χ2n) is 1.09. The molecule has 0 aromatic carbocycles. The molecule has 0 saturated heterocycles. The average Bonchev–Trinajstić information content (AvgIpc) is 2.56. The average molecular weight is 319 g/mol. The van der Waals surface area contributed by atoms with Crippen LogP contribution < -0.4 is 0 Å². The molecule has 0 aliphatic carbocycles. The fraction of sp³-hybridized carbons (Fsp3) is 0.0909. The molecular weight excluding hydrogens is 316 g/mol. The van der Waals surface area contributed by atoms with Crippen LogP contribution >= 0.6 is 0 Å². The summed E-state index contributed by atoms with van der Waals surface area (Å²) in [6.45, 7) is 29.9. The Morgan fingerprint density at radius 1 is 0.850 bits per heavy atom. The maximum Gasteiger partial charge on any atom is 0 e. The predicted octanol–water partition coefficient (Wildman–Crippen LogP) is 1.85. The fourth-order valence-electron chi connectivity index (χ4n) is 0.210. The van der Waals surface area contributed by atoms with Gasteiger partial charge in [0.25, 0.3) is 0 Å². The first-order valence-corrected chi connectivity index (χ1v) is 3.10. The van der Waals surface area contributed by atoms with E-state index in [9.17, 15) is 8.78 Å². The third-order valence-corrected chi connectivity index (χ3v) is 0.514. The van der Waals surface area contributed by atoms with E-state index in [1.54, 1.807) is 5.92 Å². The van der Waals surface area contributed by atoms with Gasteiger partial charge in [-0.25, -0.2) is 13.6 Å². The molecule has 0 heterocycles. The zero-order valence-corrected chi connectivity index (χ0v) is 10.9. The maximum atomic E-state index is 11.9. The summed E-state index contributed by atoms with van der Waals surface area (Å²) in [6, 6.07) is 0. The van der Waals surface area contributed by atoms with E-state index in [1.807, 2.05) is 0 Å². The molecule has 0 N–H and O–H groups in total. The van der Waals surface area contributed by atoms with Gasteiger partial charge < -0.3 is 0 Å². The molecule has 20 heavy (non-hydrogen) atoms. The topological polar surface area (TPSA) is 104 Å². The molecule has 0 aliphatic rings. The Hall–Kier alpha value is -2.12. The molecule has 0 aromatic rings. The van der Waals surface area contributed by atoms with Gasteiger partial charge in [0.15, 0.2) is 0 Å². The molecule has 102 valence electrons. The van der Waals surface area contributed by atoms with Crippen LogP contribution in [0.2, 0.25) is 0 Å². The van der Waals surface area contributed by atoms with Gasteiger partial charge in [0.05, 0.1) is 6.57 Å². The number of allylic oxidation sites excluding steroid dienone is 1. The number of rotatable bonds is 0. The first kappa shape index (κ1) is 43.0. The Kier molecular flexibility index (Phi) is 193. The minimum atomic E-state index is -1.48. The number of hydrogen-bond acceptors (Lipinski definition) is 0. The van der Waals surface area contributed by atoms with Crippen molar-refractivity contribution < 1.29 is 49.4 Å². The van der Waals surface area contributed by atoms with E-state index in [2.05, 4.69) is 44.0 Å². The summed E-state index contributed by atoms with van der Waals surface area (Å²) in [5.41, 5.74) is 0. The third kappa shape index (κ3) is 74.3. The van der Waals surface area contributed by atoms with Gasteiger partial charge in [-0.3, -0.25) is 0 Å². The van der Waals surface area contributed by atoms with Gasteiger partial charge in [0, 0.05) is 17.4 Å². The van der Waals surface area contributed by atoms with E-state index in [1.165, 1.54) is 6.92 Å². The van der Waals surface area contributed by atoms with E-state index in [0.29, 0.717) is 0 Å². The summed E-state index contributed by atoms with van der Waals surface area (Å²) in [5.74, 6) is 1.11. The minimum absolute atomic E-state index is 0. The van der Waals surface area contributed by atoms with Gasteiger partial charge in [0.1, 0.15) is 0 Å². The number of nitrogens with zero attached hydrogens (tertiary/aromatic N) is 1. The van der Waals surface area contributed by atoms with Crippen molar-refractivity contribution in [3.8, 4) is 11.8 Å². The Morgan fingerprint density at radius 3 is 1.25 bits per heavy atom. The van der Waals surface area contributed by atoms with Crippen LogP contribution in [0.4, 0.5) is 8.78 Å². The van der Waals surface area contributed by atoms with Crippen molar-refractivity contribution in [3.63, 3.8) is 0 Å². The van der Waals surface area contributed by atoms with Crippen LogP contribution in [-0.2, 0) is 40.6 Å². The van der Waals surface area contributed by atoms with Crippen molar-refractivity contribution in [1.29, 1.82) is 0 Å². The fourth-order valence-corrected chi connectivity index (χ4v) is 0.210. The van der Waals surface area contributed by atoms with E-state index in [-0.39, 0.29) is 17.4 Å². The molecule has 0 saturated carbocycles. The molecule has 0 amide bonds. The van der Waals surface area contributed by atoms with Gasteiger partial charge in [-0.15, -0.1) is 5.92 Å². The summed E-state index contributed by atoms with van der Waals surface area (Å²) >= 11 is 0. The first-order valence-electron chi connectivity index (χ1n) is 3.10. The largest absolute Gasteiger partial charge is 0 e. The Balaban J connectivity index is -0.0000000261. The second kappa shape index (κ2) is 89.9. The van der Waals surface area contributed by atoms with Gasteiger partial charge in [-0.2, -0.15) is 0 Å². The molecule has 0 aliphatic heterocycles. The van der Waals surface area contributed by atoms with Crippen molar-refractivity contribution in [2.75, 3.05) is 0 Å². The van der Waals surface area contributed by atoms with Crippen molar-refractivity contribution in [2.24, 2.45) is 0 Å². The quantitative estimate of drug-likeness (QED) is 0.281. The van der Waals surface area contributed by atoms with Crippen LogP contribution in [0.25, 0.3) is 4.85 Å². The first-order chi connectivity index (χ1) is 9.22. The third-order valence-electron chi connectivity index (χ3n) is 0.514. The van der Waals surface area contributed by atoms with Gasteiger partial charge in [-0.05, 0) is 12.8 Å². The van der Waals surface area contributed by atoms with Crippen molar-refractivity contribution in [1.82, 2.24) is 0 Å². The summed E-state index contributed by atoms with van der Waals surface area (Å²) in [5, 5.41) is 0. The van der Waals surface area contributed by atoms with E-state index in [0.717, 1.165) is 0 Å².